The number of hydrogen-bond acceptors (Lipinski definition) is 1. The minimum atomic E-state index is 0.308. The van der Waals surface area contributed by atoms with Gasteiger partial charge in [-0.15, -0.1) is 0 Å². The number of nitrogens with zero attached hydrogens (tertiary/aromatic N) is 1. The highest BCUT2D eigenvalue weighted by molar-refractivity contribution is 5.77. The molecule has 1 aliphatic carbocycles. The average Bonchev–Trinajstić information content (AvgIpc) is 2.41. The quantitative estimate of drug-likeness (QED) is 0.740. The maximum absolute atomic E-state index is 11.8. The van der Waals surface area contributed by atoms with Gasteiger partial charge in [0.15, 0.2) is 0 Å². The maximum atomic E-state index is 11.8. The summed E-state index contributed by atoms with van der Waals surface area (Å²) in [5.74, 6) is 0.845. The zero-order valence-corrected chi connectivity index (χ0v) is 10.9. The Balaban J connectivity index is 1.98. The molecule has 3 rings (SSSR count). The van der Waals surface area contributed by atoms with Gasteiger partial charge in [0, 0.05) is 25.4 Å². The van der Waals surface area contributed by atoms with E-state index >= 15 is 0 Å². The van der Waals surface area contributed by atoms with Crippen LogP contribution in [0.3, 0.4) is 0 Å². The van der Waals surface area contributed by atoms with Gasteiger partial charge in [-0.2, -0.15) is 0 Å². The first-order valence-electron chi connectivity index (χ1n) is 6.71. The van der Waals surface area contributed by atoms with E-state index in [2.05, 4.69) is 24.8 Å². The fourth-order valence-corrected chi connectivity index (χ4v) is 3.49. The summed E-state index contributed by atoms with van der Waals surface area (Å²) in [6.07, 6.45) is 5.79. The Bertz CT molecular complexity index is 506. The van der Waals surface area contributed by atoms with Gasteiger partial charge >= 0.3 is 0 Å². The molecule has 2 nitrogen and oxygen atoms in total. The maximum Gasteiger partial charge on any atom is 0.222 e. The monoisotopic (exact) mass is 241 g/mol. The van der Waals surface area contributed by atoms with Crippen molar-refractivity contribution >= 4 is 12.0 Å². The normalized spacial score (nSPS) is 26.5. The van der Waals surface area contributed by atoms with E-state index in [0.717, 1.165) is 19.3 Å². The number of amides is 1. The molecule has 2 atom stereocenters. The van der Waals surface area contributed by atoms with E-state index in [9.17, 15) is 4.79 Å². The van der Waals surface area contributed by atoms with Crippen molar-refractivity contribution in [2.75, 3.05) is 7.05 Å². The van der Waals surface area contributed by atoms with E-state index in [1.165, 1.54) is 16.7 Å². The van der Waals surface area contributed by atoms with Crippen LogP contribution in [-0.2, 0) is 11.2 Å². The summed E-state index contributed by atoms with van der Waals surface area (Å²) in [6.45, 7) is 3.83. The fourth-order valence-electron chi connectivity index (χ4n) is 3.49. The van der Waals surface area contributed by atoms with Gasteiger partial charge < -0.3 is 4.90 Å². The number of hydrogen-bond donors (Lipinski definition) is 0. The van der Waals surface area contributed by atoms with E-state index in [0.29, 0.717) is 24.3 Å². The predicted molar refractivity (Wildman–Crippen MR) is 73.4 cm³/mol. The minimum Gasteiger partial charge on any atom is -0.342 e. The Labute approximate surface area is 108 Å². The molecule has 18 heavy (non-hydrogen) atoms. The second-order valence-corrected chi connectivity index (χ2v) is 5.42. The van der Waals surface area contributed by atoms with Crippen LogP contribution in [0.2, 0.25) is 0 Å². The SMILES string of the molecule is C=Cc1ccc2c(c1)CCC1C2CCC(=O)N1C. The van der Waals surface area contributed by atoms with Gasteiger partial charge in [-0.05, 0) is 36.0 Å². The Morgan fingerprint density at radius 3 is 2.94 bits per heavy atom. The summed E-state index contributed by atoms with van der Waals surface area (Å²) in [5, 5.41) is 0. The number of likely N-dealkylation sites (tertiary alicyclic amines) is 1. The van der Waals surface area contributed by atoms with Gasteiger partial charge in [0.2, 0.25) is 5.91 Å². The Kier molecular flexibility index (Phi) is 2.73. The summed E-state index contributed by atoms with van der Waals surface area (Å²) in [4.78, 5) is 13.7. The van der Waals surface area contributed by atoms with Crippen LogP contribution in [0.15, 0.2) is 24.8 Å². The van der Waals surface area contributed by atoms with E-state index in [-0.39, 0.29) is 0 Å². The van der Waals surface area contributed by atoms with Crippen molar-refractivity contribution in [3.63, 3.8) is 0 Å². The van der Waals surface area contributed by atoms with Crippen LogP contribution in [-0.4, -0.2) is 23.9 Å². The second kappa shape index (κ2) is 4.27. The third-order valence-electron chi connectivity index (χ3n) is 4.54. The van der Waals surface area contributed by atoms with E-state index in [4.69, 9.17) is 0 Å². The number of carbonyl (C=O) groups excluding carboxylic acids is 1. The van der Waals surface area contributed by atoms with E-state index in [1.54, 1.807) is 0 Å². The highest BCUT2D eigenvalue weighted by Crippen LogP contribution is 2.40. The van der Waals surface area contributed by atoms with Crippen molar-refractivity contribution in [1.29, 1.82) is 0 Å². The first-order valence-corrected chi connectivity index (χ1v) is 6.71. The molecule has 0 radical (unpaired) electrons. The summed E-state index contributed by atoms with van der Waals surface area (Å²) in [6, 6.07) is 7.06. The van der Waals surface area contributed by atoms with Gasteiger partial charge in [-0.25, -0.2) is 0 Å². The zero-order chi connectivity index (χ0) is 12.7. The minimum absolute atomic E-state index is 0.308. The van der Waals surface area contributed by atoms with E-state index in [1.807, 2.05) is 18.0 Å². The van der Waals surface area contributed by atoms with Crippen molar-refractivity contribution < 1.29 is 4.79 Å². The molecule has 0 aromatic heterocycles. The van der Waals surface area contributed by atoms with Gasteiger partial charge in [0.25, 0.3) is 0 Å². The molecule has 1 aliphatic heterocycles. The lowest BCUT2D eigenvalue weighted by Gasteiger charge is -2.43. The molecule has 1 amide bonds. The number of rotatable bonds is 1. The Hall–Kier alpha value is -1.57. The number of piperidine rings is 1. The van der Waals surface area contributed by atoms with Crippen LogP contribution in [0.4, 0.5) is 0 Å². The van der Waals surface area contributed by atoms with Crippen molar-refractivity contribution in [1.82, 2.24) is 4.90 Å². The molecular formula is C16H19NO. The Morgan fingerprint density at radius 2 is 2.17 bits per heavy atom. The Morgan fingerprint density at radius 1 is 1.33 bits per heavy atom. The largest absolute Gasteiger partial charge is 0.342 e. The van der Waals surface area contributed by atoms with Crippen molar-refractivity contribution in [2.24, 2.45) is 0 Å². The zero-order valence-electron chi connectivity index (χ0n) is 10.9. The highest BCUT2D eigenvalue weighted by atomic mass is 16.2. The smallest absolute Gasteiger partial charge is 0.222 e. The number of aryl methyl sites for hydroxylation is 1. The van der Waals surface area contributed by atoms with Crippen LogP contribution in [0.25, 0.3) is 6.08 Å². The lowest BCUT2D eigenvalue weighted by atomic mass is 9.74. The number of benzene rings is 1. The molecule has 2 unspecified atom stereocenters. The molecule has 0 spiro atoms. The summed E-state index contributed by atoms with van der Waals surface area (Å²) in [5.41, 5.74) is 4.11. The molecule has 0 N–H and O–H groups in total. The predicted octanol–water partition coefficient (Wildman–Crippen LogP) is 2.98. The third-order valence-corrected chi connectivity index (χ3v) is 4.54. The molecule has 2 heteroatoms. The highest BCUT2D eigenvalue weighted by Gasteiger charge is 2.37. The third kappa shape index (κ3) is 1.67. The van der Waals surface area contributed by atoms with E-state index < -0.39 is 0 Å². The summed E-state index contributed by atoms with van der Waals surface area (Å²) in [7, 11) is 1.96. The average molecular weight is 241 g/mol. The molecule has 1 saturated heterocycles. The topological polar surface area (TPSA) is 20.3 Å². The van der Waals surface area contributed by atoms with Gasteiger partial charge in [0.05, 0.1) is 0 Å². The molecule has 2 aliphatic rings. The van der Waals surface area contributed by atoms with Crippen LogP contribution in [0.5, 0.6) is 0 Å². The summed E-state index contributed by atoms with van der Waals surface area (Å²) < 4.78 is 0. The fraction of sp³-hybridized carbons (Fsp3) is 0.438. The van der Waals surface area contributed by atoms with Crippen LogP contribution in [0, 0.1) is 0 Å². The number of likely N-dealkylation sites (N-methyl/N-ethyl adjacent to an activating group) is 1. The molecule has 94 valence electrons. The number of fused-ring (bicyclic) bond motifs is 3. The van der Waals surface area contributed by atoms with Crippen molar-refractivity contribution in [2.45, 2.75) is 37.6 Å². The first-order chi connectivity index (χ1) is 8.70. The van der Waals surface area contributed by atoms with Crippen LogP contribution in [0.1, 0.15) is 41.9 Å². The summed E-state index contributed by atoms with van der Waals surface area (Å²) >= 11 is 0. The first kappa shape index (κ1) is 11.5. The second-order valence-electron chi connectivity index (χ2n) is 5.42. The molecule has 1 heterocycles. The molecule has 1 fully saturated rings. The molecule has 0 saturated carbocycles. The lowest BCUT2D eigenvalue weighted by Crippen LogP contribution is -2.47. The van der Waals surface area contributed by atoms with Crippen LogP contribution >= 0.6 is 0 Å². The van der Waals surface area contributed by atoms with Gasteiger partial charge in [-0.3, -0.25) is 4.79 Å². The van der Waals surface area contributed by atoms with Gasteiger partial charge in [-0.1, -0.05) is 30.9 Å². The standard InChI is InChI=1S/C16H19NO/c1-3-11-4-6-13-12(10-11)5-8-15-14(13)7-9-16(18)17(15)2/h3-4,6,10,14-15H,1,5,7-9H2,2H3. The number of carbonyl (C=O) groups is 1. The van der Waals surface area contributed by atoms with Crippen molar-refractivity contribution in [3.05, 3.63) is 41.5 Å². The molecule has 1 aromatic rings. The molecule has 1 aromatic carbocycles. The van der Waals surface area contributed by atoms with Gasteiger partial charge in [0.1, 0.15) is 0 Å². The molecule has 0 bridgehead atoms. The van der Waals surface area contributed by atoms with Crippen LogP contribution < -0.4 is 0 Å². The molecular weight excluding hydrogens is 222 g/mol. The van der Waals surface area contributed by atoms with Crippen molar-refractivity contribution in [3.8, 4) is 0 Å². The lowest BCUT2D eigenvalue weighted by molar-refractivity contribution is -0.135.